The summed E-state index contributed by atoms with van der Waals surface area (Å²) in [5.74, 6) is 0.0530. The Kier molecular flexibility index (Phi) is 5.88. The Morgan fingerprint density at radius 3 is 2.05 bits per heavy atom. The van der Waals surface area contributed by atoms with E-state index in [9.17, 15) is 9.59 Å². The number of oxazole rings is 3. The average Bonchev–Trinajstić information content (AvgIpc) is 3.80. The van der Waals surface area contributed by atoms with E-state index in [-0.39, 0.29) is 48.3 Å². The minimum atomic E-state index is -0.758. The van der Waals surface area contributed by atoms with Crippen molar-refractivity contribution in [3.05, 3.63) is 83.8 Å². The quantitative estimate of drug-likeness (QED) is 0.291. The molecule has 6 heterocycles. The van der Waals surface area contributed by atoms with Crippen LogP contribution in [0.5, 0.6) is 0 Å². The van der Waals surface area contributed by atoms with Gasteiger partial charge in [-0.25, -0.2) is 24.9 Å². The van der Waals surface area contributed by atoms with Gasteiger partial charge in [0.05, 0.1) is 0 Å². The number of hydrogen-bond acceptors (Lipinski definition) is 11. The van der Waals surface area contributed by atoms with Gasteiger partial charge in [-0.1, -0.05) is 30.3 Å². The summed E-state index contributed by atoms with van der Waals surface area (Å²) >= 11 is 0. The van der Waals surface area contributed by atoms with Crippen LogP contribution >= 0.6 is 0 Å². The number of pyridine rings is 1. The molecular formula is C28H21N7O6. The van der Waals surface area contributed by atoms with Crippen LogP contribution in [0.2, 0.25) is 0 Å². The Labute approximate surface area is 231 Å². The molecule has 41 heavy (non-hydrogen) atoms. The van der Waals surface area contributed by atoms with Crippen LogP contribution < -0.4 is 10.6 Å². The van der Waals surface area contributed by atoms with Gasteiger partial charge in [-0.05, 0) is 30.2 Å². The van der Waals surface area contributed by atoms with Crippen molar-refractivity contribution < 1.29 is 27.6 Å². The lowest BCUT2D eigenvalue weighted by Gasteiger charge is -2.13. The number of carbonyl (C=O) groups is 2. The van der Waals surface area contributed by atoms with Crippen LogP contribution in [0.4, 0.5) is 0 Å². The molecule has 7 rings (SSSR count). The molecule has 0 saturated carbocycles. The van der Waals surface area contributed by atoms with Crippen molar-refractivity contribution in [2.45, 2.75) is 32.2 Å². The number of rotatable bonds is 0. The Morgan fingerprint density at radius 2 is 1.29 bits per heavy atom. The predicted octanol–water partition coefficient (Wildman–Crippen LogP) is 3.14. The van der Waals surface area contributed by atoms with Crippen LogP contribution in [0.25, 0.3) is 34.8 Å². The van der Waals surface area contributed by atoms with Gasteiger partial charge in [0.15, 0.2) is 23.1 Å². The minimum absolute atomic E-state index is 0.0927. The summed E-state index contributed by atoms with van der Waals surface area (Å²) in [4.78, 5) is 47.9. The van der Waals surface area contributed by atoms with Gasteiger partial charge in [-0.2, -0.15) is 0 Å². The summed E-state index contributed by atoms with van der Waals surface area (Å²) in [5.41, 5.74) is 3.27. The Hall–Kier alpha value is -5.59. The summed E-state index contributed by atoms with van der Waals surface area (Å²) in [6.45, 7) is 2.29. The van der Waals surface area contributed by atoms with Crippen LogP contribution in [0, 0.1) is 0 Å². The monoisotopic (exact) mass is 551 g/mol. The molecule has 2 unspecified atom stereocenters. The standard InChI is InChI=1S/C28H21N7O6/c1-14-22-24(37)30-10-16-5-2-4-15(8-16)9-29-23(36)19-11-38-27(32-19)20-12-39-25(33-20)17-6-3-7-18(31-17)26-34-21(13-40-26)28(35-22)41-14/h2-8,11-14,22H,9-10H2,1H3,(H,29,36)(H,30,37). The number of benzene rings is 1. The molecule has 2 aliphatic rings. The molecule has 4 aromatic heterocycles. The highest BCUT2D eigenvalue weighted by Crippen LogP contribution is 2.26. The van der Waals surface area contributed by atoms with E-state index in [0.717, 1.165) is 11.1 Å². The van der Waals surface area contributed by atoms with E-state index < -0.39 is 18.1 Å². The van der Waals surface area contributed by atoms with Crippen LogP contribution in [0.3, 0.4) is 0 Å². The van der Waals surface area contributed by atoms with Crippen molar-refractivity contribution in [2.24, 2.45) is 4.99 Å². The number of aromatic nitrogens is 4. The van der Waals surface area contributed by atoms with Gasteiger partial charge < -0.3 is 28.6 Å². The van der Waals surface area contributed by atoms with Gasteiger partial charge in [-0.3, -0.25) is 9.59 Å². The van der Waals surface area contributed by atoms with Gasteiger partial charge in [0.1, 0.15) is 36.3 Å². The number of nitrogens with one attached hydrogen (secondary N) is 2. The highest BCUT2D eigenvalue weighted by Gasteiger charge is 2.35. The fraction of sp³-hybridized carbons (Fsp3) is 0.179. The van der Waals surface area contributed by atoms with Gasteiger partial charge in [0.2, 0.25) is 29.5 Å². The molecule has 0 radical (unpaired) electrons. The van der Waals surface area contributed by atoms with Gasteiger partial charge in [0.25, 0.3) is 5.91 Å². The fourth-order valence-electron chi connectivity index (χ4n) is 4.46. The van der Waals surface area contributed by atoms with Crippen LogP contribution in [-0.4, -0.2) is 49.8 Å². The third-order valence-electron chi connectivity index (χ3n) is 6.55. The first-order valence-electron chi connectivity index (χ1n) is 12.7. The molecule has 2 N–H and O–H groups in total. The summed E-state index contributed by atoms with van der Waals surface area (Å²) in [6.07, 6.45) is 3.53. The molecule has 13 heteroatoms. The minimum Gasteiger partial charge on any atom is -0.470 e. The maximum Gasteiger partial charge on any atom is 0.273 e. The van der Waals surface area contributed by atoms with E-state index in [4.69, 9.17) is 18.0 Å². The zero-order valence-corrected chi connectivity index (χ0v) is 21.5. The summed E-state index contributed by atoms with van der Waals surface area (Å²) in [6, 6.07) is 11.9. The zero-order valence-electron chi connectivity index (χ0n) is 21.5. The summed E-state index contributed by atoms with van der Waals surface area (Å²) in [5, 5.41) is 5.74. The first-order chi connectivity index (χ1) is 20.0. The summed E-state index contributed by atoms with van der Waals surface area (Å²) < 4.78 is 22.6. The first kappa shape index (κ1) is 24.5. The number of fused-ring (bicyclic) bond motifs is 15. The number of nitrogens with zero attached hydrogens (tertiary/aromatic N) is 5. The molecule has 2 atom stereocenters. The maximum absolute atomic E-state index is 13.0. The van der Waals surface area contributed by atoms with Crippen LogP contribution in [0.15, 0.2) is 79.5 Å². The number of aliphatic imine (C=N–C) groups is 1. The first-order valence-corrected chi connectivity index (χ1v) is 12.7. The number of hydrogen-bond donors (Lipinski definition) is 2. The molecule has 1 aromatic carbocycles. The third-order valence-corrected chi connectivity index (χ3v) is 6.55. The second-order valence-electron chi connectivity index (χ2n) is 9.44. The van der Waals surface area contributed by atoms with Gasteiger partial charge in [-0.15, -0.1) is 0 Å². The van der Waals surface area contributed by atoms with E-state index in [1.54, 1.807) is 25.1 Å². The molecule has 0 saturated heterocycles. The zero-order chi connectivity index (χ0) is 27.9. The lowest BCUT2D eigenvalue weighted by molar-refractivity contribution is -0.123. The van der Waals surface area contributed by atoms with Crippen molar-refractivity contribution in [3.8, 4) is 34.8 Å². The maximum atomic E-state index is 13.0. The van der Waals surface area contributed by atoms with Gasteiger partial charge in [0, 0.05) is 13.1 Å². The lowest BCUT2D eigenvalue weighted by atomic mass is 10.1. The molecule has 2 aliphatic heterocycles. The SMILES string of the molecule is CC1OC2=NC1C(=O)NCc1cccc(c1)CNC(=O)c1coc(n1)-c1coc(n1)-c1cccc(n1)-c1nc2co1. The molecule has 0 fully saturated rings. The van der Waals surface area contributed by atoms with E-state index in [1.165, 1.54) is 18.8 Å². The van der Waals surface area contributed by atoms with E-state index in [2.05, 4.69) is 35.6 Å². The molecule has 0 spiro atoms. The third kappa shape index (κ3) is 4.73. The van der Waals surface area contributed by atoms with Crippen molar-refractivity contribution >= 4 is 17.7 Å². The number of carbonyl (C=O) groups excluding carboxylic acids is 2. The number of amides is 2. The molecule has 12 bridgehead atoms. The van der Waals surface area contributed by atoms with Gasteiger partial charge >= 0.3 is 0 Å². The molecule has 204 valence electrons. The van der Waals surface area contributed by atoms with Crippen LogP contribution in [-0.2, 0) is 22.6 Å². The molecule has 0 aliphatic carbocycles. The highest BCUT2D eigenvalue weighted by atomic mass is 16.5. The highest BCUT2D eigenvalue weighted by molar-refractivity contribution is 5.97. The van der Waals surface area contributed by atoms with Crippen molar-refractivity contribution in [2.75, 3.05) is 0 Å². The Balaban J connectivity index is 1.25. The second-order valence-corrected chi connectivity index (χ2v) is 9.44. The largest absolute Gasteiger partial charge is 0.470 e. The summed E-state index contributed by atoms with van der Waals surface area (Å²) in [7, 11) is 0. The topological polar surface area (TPSA) is 171 Å². The molecule has 13 nitrogen and oxygen atoms in total. The van der Waals surface area contributed by atoms with E-state index in [0.29, 0.717) is 22.8 Å². The smallest absolute Gasteiger partial charge is 0.273 e. The van der Waals surface area contributed by atoms with E-state index >= 15 is 0 Å². The predicted molar refractivity (Wildman–Crippen MR) is 141 cm³/mol. The lowest BCUT2D eigenvalue weighted by Crippen LogP contribution is -2.37. The second kappa shape index (κ2) is 9.86. The van der Waals surface area contributed by atoms with Crippen molar-refractivity contribution in [1.29, 1.82) is 0 Å². The normalized spacial score (nSPS) is 18.5. The van der Waals surface area contributed by atoms with Crippen molar-refractivity contribution in [1.82, 2.24) is 30.6 Å². The Bertz CT molecular complexity index is 1820. The molecule has 5 aromatic rings. The molecule has 2 amide bonds. The average molecular weight is 552 g/mol. The fourth-order valence-corrected chi connectivity index (χ4v) is 4.46. The van der Waals surface area contributed by atoms with E-state index in [1.807, 2.05) is 24.3 Å². The van der Waals surface area contributed by atoms with Crippen molar-refractivity contribution in [3.63, 3.8) is 0 Å². The van der Waals surface area contributed by atoms with Crippen LogP contribution in [0.1, 0.15) is 34.2 Å². The molecular weight excluding hydrogens is 530 g/mol. The number of ether oxygens (including phenoxy) is 1. The Morgan fingerprint density at radius 1 is 0.707 bits per heavy atom.